The molecule has 0 amide bonds. The van der Waals surface area contributed by atoms with Crippen LogP contribution < -0.4 is 5.84 Å². The average molecular weight is 475 g/mol. The van der Waals surface area contributed by atoms with Gasteiger partial charge in [0.05, 0.1) is 11.1 Å². The third kappa shape index (κ3) is 5.13. The van der Waals surface area contributed by atoms with Crippen molar-refractivity contribution in [1.29, 1.82) is 0 Å². The van der Waals surface area contributed by atoms with E-state index in [1.807, 2.05) is 0 Å². The Morgan fingerprint density at radius 2 is 1.70 bits per heavy atom. The third-order valence-electron chi connectivity index (χ3n) is 4.50. The molecule has 0 saturated heterocycles. The lowest BCUT2D eigenvalue weighted by atomic mass is 10.2. The van der Waals surface area contributed by atoms with Gasteiger partial charge in [0.25, 0.3) is 0 Å². The van der Waals surface area contributed by atoms with E-state index in [4.69, 9.17) is 10.9 Å². The molecule has 2 aromatic heterocycles. The number of nitrogens with zero attached hydrogens (tertiary/aromatic N) is 4. The molecule has 0 saturated carbocycles. The topological polar surface area (TPSA) is 131 Å². The average Bonchev–Trinajstić information content (AvgIpc) is 3.10. The van der Waals surface area contributed by atoms with E-state index in [1.54, 1.807) is 12.1 Å². The second-order valence-corrected chi connectivity index (χ2v) is 9.08. The number of sulfonamides is 1. The molecule has 4 rings (SSSR count). The lowest BCUT2D eigenvalue weighted by Crippen LogP contribution is -2.22. The Morgan fingerprint density at radius 3 is 2.27 bits per heavy atom. The van der Waals surface area contributed by atoms with E-state index in [2.05, 4.69) is 9.97 Å². The number of carboxylic acids is 1. The minimum Gasteiger partial charge on any atom is -0.478 e. The summed E-state index contributed by atoms with van der Waals surface area (Å²) < 4.78 is 52.3. The summed E-state index contributed by atoms with van der Waals surface area (Å²) in [7, 11) is -0.812. The molecule has 0 spiro atoms. The quantitative estimate of drug-likeness (QED) is 0.434. The fourth-order valence-electron chi connectivity index (χ4n) is 2.81. The summed E-state index contributed by atoms with van der Waals surface area (Å²) in [5.74, 6) is 3.95. The van der Waals surface area contributed by atoms with E-state index < -0.39 is 21.8 Å². The van der Waals surface area contributed by atoms with Crippen LogP contribution in [0.2, 0.25) is 0 Å². The summed E-state index contributed by atoms with van der Waals surface area (Å²) in [5.41, 5.74) is 0.976. The molecule has 12 heteroatoms. The molecule has 3 N–H and O–H groups in total. The number of aromatic carboxylic acids is 1. The van der Waals surface area contributed by atoms with Crippen LogP contribution in [-0.4, -0.2) is 52.5 Å². The van der Waals surface area contributed by atoms with Gasteiger partial charge in [0.2, 0.25) is 10.0 Å². The van der Waals surface area contributed by atoms with E-state index in [9.17, 15) is 22.0 Å². The van der Waals surface area contributed by atoms with Crippen molar-refractivity contribution in [1.82, 2.24) is 18.9 Å². The van der Waals surface area contributed by atoms with Crippen LogP contribution in [0.1, 0.15) is 10.4 Å². The number of fused-ring (bicyclic) bond motifs is 1. The second kappa shape index (κ2) is 9.30. The zero-order valence-corrected chi connectivity index (χ0v) is 18.3. The first-order valence-corrected chi connectivity index (χ1v) is 10.7. The van der Waals surface area contributed by atoms with Crippen LogP contribution in [0.3, 0.4) is 0 Å². The van der Waals surface area contributed by atoms with Crippen LogP contribution in [0.5, 0.6) is 0 Å². The molecule has 0 aliphatic heterocycles. The first-order valence-electron chi connectivity index (χ1n) is 9.30. The number of carbonyl (C=O) groups is 1. The van der Waals surface area contributed by atoms with Crippen LogP contribution in [0.4, 0.5) is 8.78 Å². The van der Waals surface area contributed by atoms with Crippen LogP contribution in [0.25, 0.3) is 22.3 Å². The number of aromatic nitrogens is 3. The van der Waals surface area contributed by atoms with Crippen molar-refractivity contribution in [2.24, 2.45) is 0 Å². The van der Waals surface area contributed by atoms with Crippen molar-refractivity contribution < 1.29 is 27.1 Å². The normalized spacial score (nSPS) is 11.3. The molecule has 9 nitrogen and oxygen atoms in total. The maximum Gasteiger partial charge on any atom is 0.338 e. The zero-order chi connectivity index (χ0) is 24.3. The molecular weight excluding hydrogens is 456 g/mol. The summed E-state index contributed by atoms with van der Waals surface area (Å²) >= 11 is 0. The van der Waals surface area contributed by atoms with Gasteiger partial charge in [-0.1, -0.05) is 12.1 Å². The third-order valence-corrected chi connectivity index (χ3v) is 6.34. The Hall–Kier alpha value is -3.90. The van der Waals surface area contributed by atoms with Gasteiger partial charge in [-0.3, -0.25) is 4.68 Å². The van der Waals surface area contributed by atoms with Crippen molar-refractivity contribution in [2.45, 2.75) is 4.90 Å². The molecule has 0 aliphatic rings. The van der Waals surface area contributed by atoms with Crippen LogP contribution in [0.15, 0.2) is 66.0 Å². The molecule has 0 fully saturated rings. The molecule has 33 heavy (non-hydrogen) atoms. The minimum absolute atomic E-state index is 0.000142. The molecule has 2 heterocycles. The largest absolute Gasteiger partial charge is 0.478 e. The molecule has 0 bridgehead atoms. The van der Waals surface area contributed by atoms with Crippen LogP contribution >= 0.6 is 0 Å². The summed E-state index contributed by atoms with van der Waals surface area (Å²) in [5, 5.41) is 8.93. The highest BCUT2D eigenvalue weighted by Crippen LogP contribution is 2.26. The highest BCUT2D eigenvalue weighted by atomic mass is 32.2. The molecule has 0 radical (unpaired) electrons. The maximum absolute atomic E-state index is 13.2. The van der Waals surface area contributed by atoms with Crippen molar-refractivity contribution in [3.05, 3.63) is 78.3 Å². The predicted molar refractivity (Wildman–Crippen MR) is 117 cm³/mol. The van der Waals surface area contributed by atoms with Gasteiger partial charge in [-0.25, -0.2) is 36.3 Å². The monoisotopic (exact) mass is 475 g/mol. The summed E-state index contributed by atoms with van der Waals surface area (Å²) in [4.78, 5) is 18.3. The van der Waals surface area contributed by atoms with E-state index in [0.717, 1.165) is 10.4 Å². The molecule has 0 unspecified atom stereocenters. The first kappa shape index (κ1) is 23.8. The maximum atomic E-state index is 13.2. The van der Waals surface area contributed by atoms with Gasteiger partial charge in [-0.15, -0.1) is 0 Å². The van der Waals surface area contributed by atoms with Gasteiger partial charge in [0.15, 0.2) is 5.82 Å². The van der Waals surface area contributed by atoms with E-state index in [1.165, 1.54) is 61.6 Å². The molecule has 0 aliphatic carbocycles. The van der Waals surface area contributed by atoms with Gasteiger partial charge in [0.1, 0.15) is 16.5 Å². The van der Waals surface area contributed by atoms with Gasteiger partial charge in [0, 0.05) is 43.6 Å². The van der Waals surface area contributed by atoms with Crippen LogP contribution in [0, 0.1) is 11.6 Å². The van der Waals surface area contributed by atoms with E-state index >= 15 is 0 Å². The highest BCUT2D eigenvalue weighted by molar-refractivity contribution is 7.89. The number of benzene rings is 2. The number of carboxylic acid groups (broad SMARTS) is 1. The van der Waals surface area contributed by atoms with Gasteiger partial charge < -0.3 is 10.9 Å². The number of hydrogen-bond donors (Lipinski definition) is 2. The van der Waals surface area contributed by atoms with Crippen molar-refractivity contribution >= 4 is 26.9 Å². The summed E-state index contributed by atoms with van der Waals surface area (Å²) in [6.45, 7) is 0. The lowest BCUT2D eigenvalue weighted by molar-refractivity contribution is 0.0696. The summed E-state index contributed by atoms with van der Waals surface area (Å²) in [6.07, 6.45) is 3.66. The molecule has 4 aromatic rings. The van der Waals surface area contributed by atoms with E-state index in [-0.39, 0.29) is 21.7 Å². The van der Waals surface area contributed by atoms with Crippen LogP contribution in [-0.2, 0) is 10.0 Å². The Bertz CT molecular complexity index is 1420. The van der Waals surface area contributed by atoms with Gasteiger partial charge in [-0.05, 0) is 30.3 Å². The van der Waals surface area contributed by atoms with Gasteiger partial charge >= 0.3 is 5.97 Å². The smallest absolute Gasteiger partial charge is 0.338 e. The number of nitrogen functional groups attached to an aromatic ring is 1. The number of rotatable bonds is 4. The first-order chi connectivity index (χ1) is 15.5. The number of hydrogen-bond acceptors (Lipinski definition) is 6. The van der Waals surface area contributed by atoms with Gasteiger partial charge in [-0.2, -0.15) is 0 Å². The molecular formula is C21H19F2N5O4S. The fraction of sp³-hybridized carbons (Fsp3) is 0.0952. The second-order valence-electron chi connectivity index (χ2n) is 6.96. The van der Waals surface area contributed by atoms with Crippen molar-refractivity contribution in [3.63, 3.8) is 0 Å². The Kier molecular flexibility index (Phi) is 6.70. The minimum atomic E-state index is -3.63. The predicted octanol–water partition coefficient (Wildman–Crippen LogP) is 2.73. The lowest BCUT2D eigenvalue weighted by Gasteiger charge is -2.09. The molecule has 172 valence electrons. The van der Waals surface area contributed by atoms with Crippen molar-refractivity contribution in [3.8, 4) is 11.4 Å². The number of nitrogens with two attached hydrogens (primary N) is 1. The number of halogens is 2. The Labute approximate surface area is 187 Å². The Morgan fingerprint density at radius 1 is 1.06 bits per heavy atom. The van der Waals surface area contributed by atoms with Crippen molar-refractivity contribution in [2.75, 3.05) is 19.9 Å². The SMILES string of the molecule is CN(C)S(=O)(=O)c1cn(N)c2ccc(F)cc12.O=C(O)c1cnc(-c2cccc(F)c2)nc1. The summed E-state index contributed by atoms with van der Waals surface area (Å²) in [6, 6.07) is 9.63. The molecule has 0 atom stereocenters. The Balaban J connectivity index is 0.000000186. The van der Waals surface area contributed by atoms with E-state index in [0.29, 0.717) is 16.9 Å². The molecule has 2 aromatic carbocycles. The fourth-order valence-corrected chi connectivity index (χ4v) is 3.90. The standard InChI is InChI=1S/C11H7FN2O2.C10H12FN3O2S/c12-9-3-1-2-7(4-9)10-13-5-8(6-14-10)11(15)16;1-13(2)17(15,16)10-6-14(12)9-4-3-7(11)5-8(9)10/h1-6H,(H,15,16);3-6H,12H2,1-2H3. The highest BCUT2D eigenvalue weighted by Gasteiger charge is 2.23. The zero-order valence-electron chi connectivity index (χ0n) is 17.5.